The molecule has 188 valence electrons. The minimum atomic E-state index is -1.21. The Morgan fingerprint density at radius 2 is 1.60 bits per heavy atom. The van der Waals surface area contributed by atoms with Crippen molar-refractivity contribution in [2.75, 3.05) is 26.7 Å². The minimum Gasteiger partial charge on any atom is -0.481 e. The molecule has 1 atom stereocenters. The van der Waals surface area contributed by atoms with Gasteiger partial charge < -0.3 is 25.4 Å². The van der Waals surface area contributed by atoms with E-state index in [2.05, 4.69) is 29.4 Å². The highest BCUT2D eigenvalue weighted by molar-refractivity contribution is 5.89. The Labute approximate surface area is 206 Å². The summed E-state index contributed by atoms with van der Waals surface area (Å²) >= 11 is 0. The molecule has 0 spiro atoms. The lowest BCUT2D eigenvalue weighted by Gasteiger charge is -2.21. The van der Waals surface area contributed by atoms with E-state index >= 15 is 0 Å². The lowest BCUT2D eigenvalue weighted by atomic mass is 9.98. The summed E-state index contributed by atoms with van der Waals surface area (Å²) in [6.45, 7) is 5.64. The molecule has 8 heteroatoms. The van der Waals surface area contributed by atoms with E-state index in [0.717, 1.165) is 41.6 Å². The summed E-state index contributed by atoms with van der Waals surface area (Å²) in [6, 6.07) is 15.2. The van der Waals surface area contributed by atoms with Crippen LogP contribution in [0.15, 0.2) is 48.5 Å². The van der Waals surface area contributed by atoms with Gasteiger partial charge in [-0.25, -0.2) is 4.79 Å². The average Bonchev–Trinajstić information content (AvgIpc) is 3.15. The zero-order valence-electron chi connectivity index (χ0n) is 20.6. The van der Waals surface area contributed by atoms with Crippen LogP contribution in [-0.2, 0) is 14.3 Å². The van der Waals surface area contributed by atoms with Gasteiger partial charge in [-0.15, -0.1) is 0 Å². The van der Waals surface area contributed by atoms with Gasteiger partial charge in [0.05, 0.1) is 6.42 Å². The number of ether oxygens (including phenoxy) is 1. The molecule has 2 aromatic rings. The Bertz CT molecular complexity index is 993. The van der Waals surface area contributed by atoms with Crippen LogP contribution in [0.2, 0.25) is 0 Å². The molecule has 0 aliphatic heterocycles. The van der Waals surface area contributed by atoms with Crippen molar-refractivity contribution in [1.29, 1.82) is 0 Å². The summed E-state index contributed by atoms with van der Waals surface area (Å²) in [7, 11) is 2.05. The molecule has 1 aliphatic carbocycles. The number of rotatable bonds is 12. The third-order valence-electron chi connectivity index (χ3n) is 6.45. The number of unbranched alkanes of at least 4 members (excludes halogenated alkanes) is 1. The lowest BCUT2D eigenvalue weighted by Crippen LogP contribution is -2.48. The number of alkyl carbamates (subject to hydrolysis) is 1. The van der Waals surface area contributed by atoms with Crippen LogP contribution in [0.25, 0.3) is 11.1 Å². The lowest BCUT2D eigenvalue weighted by molar-refractivity contribution is -0.139. The van der Waals surface area contributed by atoms with Crippen LogP contribution in [0.4, 0.5) is 4.79 Å². The maximum absolute atomic E-state index is 12.6. The molecule has 0 heterocycles. The molecule has 0 fully saturated rings. The predicted molar refractivity (Wildman–Crippen MR) is 134 cm³/mol. The van der Waals surface area contributed by atoms with Crippen LogP contribution in [-0.4, -0.2) is 66.8 Å². The van der Waals surface area contributed by atoms with Crippen LogP contribution in [0.5, 0.6) is 0 Å². The predicted octanol–water partition coefficient (Wildman–Crippen LogP) is 3.61. The highest BCUT2D eigenvalue weighted by atomic mass is 16.5. The summed E-state index contributed by atoms with van der Waals surface area (Å²) in [5.41, 5.74) is 4.37. The van der Waals surface area contributed by atoms with Gasteiger partial charge in [0, 0.05) is 18.5 Å². The normalized spacial score (nSPS) is 13.3. The number of aliphatic carboxylic acids is 1. The molecule has 0 aromatic heterocycles. The van der Waals surface area contributed by atoms with Crippen molar-refractivity contribution in [2.24, 2.45) is 0 Å². The Hall–Kier alpha value is -3.39. The third kappa shape index (κ3) is 7.05. The number of amides is 2. The van der Waals surface area contributed by atoms with Crippen molar-refractivity contribution in [3.8, 4) is 11.1 Å². The average molecular weight is 482 g/mol. The van der Waals surface area contributed by atoms with Crippen LogP contribution in [0.1, 0.15) is 50.2 Å². The molecule has 1 unspecified atom stereocenters. The fraction of sp³-hybridized carbons (Fsp3) is 0.444. The number of fused-ring (bicyclic) bond motifs is 3. The summed E-state index contributed by atoms with van der Waals surface area (Å²) < 4.78 is 5.47. The van der Waals surface area contributed by atoms with E-state index in [1.54, 1.807) is 0 Å². The highest BCUT2D eigenvalue weighted by Crippen LogP contribution is 2.44. The second kappa shape index (κ2) is 12.4. The van der Waals surface area contributed by atoms with Crippen LogP contribution in [0.3, 0.4) is 0 Å². The van der Waals surface area contributed by atoms with Gasteiger partial charge in [-0.05, 0) is 62.5 Å². The smallest absolute Gasteiger partial charge is 0.407 e. The minimum absolute atomic E-state index is 0.0879. The fourth-order valence-corrected chi connectivity index (χ4v) is 4.25. The molecule has 2 amide bonds. The molecule has 0 radical (unpaired) electrons. The molecule has 8 nitrogen and oxygen atoms in total. The van der Waals surface area contributed by atoms with Gasteiger partial charge in [-0.1, -0.05) is 48.5 Å². The summed E-state index contributed by atoms with van der Waals surface area (Å²) in [4.78, 5) is 38.6. The van der Waals surface area contributed by atoms with Gasteiger partial charge in [-0.2, -0.15) is 0 Å². The first-order valence-corrected chi connectivity index (χ1v) is 12.1. The number of hydrogen-bond donors (Lipinski definition) is 3. The van der Waals surface area contributed by atoms with Crippen molar-refractivity contribution < 1.29 is 24.2 Å². The SMILES string of the molecule is CC(C)N(C)CCCCNC(=O)C(CC(=O)O)NC(=O)OCC1c2ccccc2-c2ccccc21. The molecular formula is C27H35N3O5. The van der Waals surface area contributed by atoms with Gasteiger partial charge in [0.2, 0.25) is 5.91 Å². The van der Waals surface area contributed by atoms with E-state index in [-0.39, 0.29) is 12.5 Å². The van der Waals surface area contributed by atoms with Crippen LogP contribution >= 0.6 is 0 Å². The highest BCUT2D eigenvalue weighted by Gasteiger charge is 2.30. The number of benzene rings is 2. The zero-order chi connectivity index (χ0) is 25.4. The maximum Gasteiger partial charge on any atom is 0.407 e. The maximum atomic E-state index is 12.6. The number of nitrogens with one attached hydrogen (secondary N) is 2. The van der Waals surface area contributed by atoms with Gasteiger partial charge in [0.1, 0.15) is 12.6 Å². The Morgan fingerprint density at radius 3 is 2.17 bits per heavy atom. The van der Waals surface area contributed by atoms with Gasteiger partial charge in [0.15, 0.2) is 0 Å². The first kappa shape index (κ1) is 26.2. The first-order chi connectivity index (χ1) is 16.8. The third-order valence-corrected chi connectivity index (χ3v) is 6.45. The zero-order valence-corrected chi connectivity index (χ0v) is 20.6. The fourth-order valence-electron chi connectivity index (χ4n) is 4.25. The quantitative estimate of drug-likeness (QED) is 0.400. The van der Waals surface area contributed by atoms with Gasteiger partial charge >= 0.3 is 12.1 Å². The Kier molecular flexibility index (Phi) is 9.25. The van der Waals surface area contributed by atoms with E-state index in [0.29, 0.717) is 12.6 Å². The molecule has 0 saturated heterocycles. The van der Waals surface area contributed by atoms with Crippen molar-refractivity contribution in [3.05, 3.63) is 59.7 Å². The molecule has 0 bridgehead atoms. The molecular weight excluding hydrogens is 446 g/mol. The molecule has 3 rings (SSSR count). The van der Waals surface area contributed by atoms with E-state index in [4.69, 9.17) is 4.74 Å². The summed E-state index contributed by atoms with van der Waals surface area (Å²) in [6.07, 6.45) is 0.324. The van der Waals surface area contributed by atoms with Gasteiger partial charge in [0.25, 0.3) is 0 Å². The summed E-state index contributed by atoms with van der Waals surface area (Å²) in [5.74, 6) is -1.83. The topological polar surface area (TPSA) is 108 Å². The van der Waals surface area contributed by atoms with Crippen molar-refractivity contribution >= 4 is 18.0 Å². The molecule has 0 saturated carbocycles. The second-order valence-corrected chi connectivity index (χ2v) is 9.19. The molecule has 35 heavy (non-hydrogen) atoms. The molecule has 1 aliphatic rings. The Morgan fingerprint density at radius 1 is 1.00 bits per heavy atom. The first-order valence-electron chi connectivity index (χ1n) is 12.1. The van der Waals surface area contributed by atoms with E-state index in [9.17, 15) is 19.5 Å². The van der Waals surface area contributed by atoms with Crippen molar-refractivity contribution in [2.45, 2.75) is 51.1 Å². The number of carboxylic acids is 1. The van der Waals surface area contributed by atoms with Crippen molar-refractivity contribution in [3.63, 3.8) is 0 Å². The number of nitrogens with zero attached hydrogens (tertiary/aromatic N) is 1. The molecule has 3 N–H and O–H groups in total. The Balaban J connectivity index is 1.52. The monoisotopic (exact) mass is 481 g/mol. The second-order valence-electron chi connectivity index (χ2n) is 9.19. The van der Waals surface area contributed by atoms with Gasteiger partial charge in [-0.3, -0.25) is 9.59 Å². The van der Waals surface area contributed by atoms with E-state index in [1.165, 1.54) is 0 Å². The standard InChI is InChI=1S/C27H35N3O5/c1-18(2)30(3)15-9-8-14-28-26(33)24(16-25(31)32)29-27(34)35-17-23-21-12-6-4-10-19(21)20-11-5-7-13-22(20)23/h4-7,10-13,18,23-24H,8-9,14-17H2,1-3H3,(H,28,33)(H,29,34)(H,31,32). The van der Waals surface area contributed by atoms with Crippen LogP contribution in [0, 0.1) is 0 Å². The largest absolute Gasteiger partial charge is 0.481 e. The number of carbonyl (C=O) groups is 3. The number of carboxylic acid groups (broad SMARTS) is 1. The number of carbonyl (C=O) groups excluding carboxylic acids is 2. The molecule has 2 aromatic carbocycles. The van der Waals surface area contributed by atoms with Crippen molar-refractivity contribution in [1.82, 2.24) is 15.5 Å². The van der Waals surface area contributed by atoms with E-state index < -0.39 is 30.4 Å². The number of hydrogen-bond acceptors (Lipinski definition) is 5. The van der Waals surface area contributed by atoms with E-state index in [1.807, 2.05) is 55.6 Å². The summed E-state index contributed by atoms with van der Waals surface area (Å²) in [5, 5.41) is 14.4. The van der Waals surface area contributed by atoms with Crippen LogP contribution < -0.4 is 10.6 Å².